The molecule has 122 valence electrons. The highest BCUT2D eigenvalue weighted by Crippen LogP contribution is 2.33. The van der Waals surface area contributed by atoms with Gasteiger partial charge in [0.15, 0.2) is 0 Å². The number of carbonyl (C=O) groups excluding carboxylic acids is 1. The lowest BCUT2D eigenvalue weighted by Gasteiger charge is -2.13. The first-order chi connectivity index (χ1) is 11.3. The first kappa shape index (κ1) is 16.0. The number of anilines is 1. The monoisotopic (exact) mass is 330 g/mol. The summed E-state index contributed by atoms with van der Waals surface area (Å²) in [6.45, 7) is 1.38. The van der Waals surface area contributed by atoms with E-state index in [0.29, 0.717) is 5.56 Å². The van der Waals surface area contributed by atoms with Crippen LogP contribution in [0.4, 0.5) is 18.9 Å². The molecule has 0 aliphatic carbocycles. The number of nitrogens with one attached hydrogen (secondary N) is 1. The number of halogens is 3. The molecule has 3 rings (SSSR count). The summed E-state index contributed by atoms with van der Waals surface area (Å²) in [7, 11) is 0. The molecule has 0 fully saturated rings. The smallest absolute Gasteiger partial charge is 0.322 e. The van der Waals surface area contributed by atoms with Crippen molar-refractivity contribution >= 4 is 22.5 Å². The number of nitrogens with zero attached hydrogens (tertiary/aromatic N) is 1. The van der Waals surface area contributed by atoms with Gasteiger partial charge in [0, 0.05) is 22.8 Å². The minimum Gasteiger partial charge on any atom is -0.322 e. The van der Waals surface area contributed by atoms with E-state index in [4.69, 9.17) is 0 Å². The quantitative estimate of drug-likeness (QED) is 0.732. The van der Waals surface area contributed by atoms with Crippen LogP contribution in [0.1, 0.15) is 21.5 Å². The molecule has 24 heavy (non-hydrogen) atoms. The molecule has 0 bridgehead atoms. The van der Waals surface area contributed by atoms with Gasteiger partial charge < -0.3 is 5.32 Å². The SMILES string of the molecule is Cc1ccc(NC(=O)c2ccc3ncccc3c2)cc1C(F)(F)F. The highest BCUT2D eigenvalue weighted by atomic mass is 19.4. The standard InChI is InChI=1S/C18H13F3N2O/c1-11-4-6-14(10-15(11)18(19,20)21)23-17(24)13-5-7-16-12(9-13)3-2-8-22-16/h2-10H,1H3,(H,23,24). The van der Waals surface area contributed by atoms with Crippen molar-refractivity contribution in [1.82, 2.24) is 4.98 Å². The molecule has 6 heteroatoms. The van der Waals surface area contributed by atoms with Crippen LogP contribution in [0.2, 0.25) is 0 Å². The lowest BCUT2D eigenvalue weighted by molar-refractivity contribution is -0.138. The van der Waals surface area contributed by atoms with E-state index in [0.717, 1.165) is 17.0 Å². The van der Waals surface area contributed by atoms with Crippen molar-refractivity contribution in [3.8, 4) is 0 Å². The fourth-order valence-electron chi connectivity index (χ4n) is 2.43. The largest absolute Gasteiger partial charge is 0.416 e. The zero-order valence-electron chi connectivity index (χ0n) is 12.7. The van der Waals surface area contributed by atoms with Gasteiger partial charge in [-0.25, -0.2) is 0 Å². The maximum Gasteiger partial charge on any atom is 0.416 e. The van der Waals surface area contributed by atoms with Gasteiger partial charge in [0.25, 0.3) is 5.91 Å². The van der Waals surface area contributed by atoms with Crippen molar-refractivity contribution in [2.75, 3.05) is 5.32 Å². The Balaban J connectivity index is 1.88. The van der Waals surface area contributed by atoms with Crippen molar-refractivity contribution < 1.29 is 18.0 Å². The Morgan fingerprint density at radius 3 is 2.62 bits per heavy atom. The van der Waals surface area contributed by atoms with Gasteiger partial charge in [0.1, 0.15) is 0 Å². The fourth-order valence-corrected chi connectivity index (χ4v) is 2.43. The molecule has 3 aromatic rings. The van der Waals surface area contributed by atoms with Crippen LogP contribution >= 0.6 is 0 Å². The van der Waals surface area contributed by atoms with Crippen LogP contribution in [0.3, 0.4) is 0 Å². The zero-order chi connectivity index (χ0) is 17.3. The number of pyridine rings is 1. The first-order valence-corrected chi connectivity index (χ1v) is 7.18. The Hall–Kier alpha value is -2.89. The lowest BCUT2D eigenvalue weighted by atomic mass is 10.1. The average molecular weight is 330 g/mol. The third-order valence-corrected chi connectivity index (χ3v) is 3.67. The number of rotatable bonds is 2. The summed E-state index contributed by atoms with van der Waals surface area (Å²) in [5.41, 5.74) is 0.540. The minimum atomic E-state index is -4.46. The van der Waals surface area contributed by atoms with E-state index in [1.165, 1.54) is 19.1 Å². The molecule has 1 heterocycles. The van der Waals surface area contributed by atoms with Crippen molar-refractivity contribution in [2.45, 2.75) is 13.1 Å². The molecule has 2 aromatic carbocycles. The predicted octanol–water partition coefficient (Wildman–Crippen LogP) is 4.81. The lowest BCUT2D eigenvalue weighted by Crippen LogP contribution is -2.14. The van der Waals surface area contributed by atoms with E-state index in [-0.39, 0.29) is 11.3 Å². The summed E-state index contributed by atoms with van der Waals surface area (Å²) in [4.78, 5) is 16.4. The summed E-state index contributed by atoms with van der Waals surface area (Å²) in [6, 6.07) is 12.2. The second-order valence-electron chi connectivity index (χ2n) is 5.39. The Kier molecular flexibility index (Phi) is 3.97. The maximum atomic E-state index is 12.9. The molecular formula is C18H13F3N2O. The molecule has 3 nitrogen and oxygen atoms in total. The summed E-state index contributed by atoms with van der Waals surface area (Å²) in [5.74, 6) is -0.474. The number of hydrogen-bond acceptors (Lipinski definition) is 2. The Bertz CT molecular complexity index is 920. The highest BCUT2D eigenvalue weighted by Gasteiger charge is 2.32. The summed E-state index contributed by atoms with van der Waals surface area (Å²) in [6.07, 6.45) is -2.81. The van der Waals surface area contributed by atoms with Crippen LogP contribution in [0, 0.1) is 6.92 Å². The first-order valence-electron chi connectivity index (χ1n) is 7.18. The normalized spacial score (nSPS) is 11.5. The predicted molar refractivity (Wildman–Crippen MR) is 85.9 cm³/mol. The van der Waals surface area contributed by atoms with Crippen LogP contribution in [0.25, 0.3) is 10.9 Å². The van der Waals surface area contributed by atoms with Crippen LogP contribution in [-0.4, -0.2) is 10.9 Å². The van der Waals surface area contributed by atoms with E-state index in [1.54, 1.807) is 30.5 Å². The zero-order valence-corrected chi connectivity index (χ0v) is 12.7. The van der Waals surface area contributed by atoms with Crippen molar-refractivity contribution in [2.24, 2.45) is 0 Å². The Morgan fingerprint density at radius 1 is 1.08 bits per heavy atom. The maximum absolute atomic E-state index is 12.9. The van der Waals surface area contributed by atoms with Gasteiger partial charge in [0.05, 0.1) is 11.1 Å². The third kappa shape index (κ3) is 3.22. The fraction of sp³-hybridized carbons (Fsp3) is 0.111. The number of aryl methyl sites for hydroxylation is 1. The molecule has 0 atom stereocenters. The minimum absolute atomic E-state index is 0.101. The number of carbonyl (C=O) groups is 1. The molecule has 0 radical (unpaired) electrons. The molecule has 1 N–H and O–H groups in total. The van der Waals surface area contributed by atoms with Gasteiger partial charge in [0.2, 0.25) is 0 Å². The van der Waals surface area contributed by atoms with Crippen LogP contribution in [-0.2, 0) is 6.18 Å². The summed E-state index contributed by atoms with van der Waals surface area (Å²) < 4.78 is 38.8. The van der Waals surface area contributed by atoms with Crippen molar-refractivity contribution in [3.05, 3.63) is 71.4 Å². The van der Waals surface area contributed by atoms with E-state index < -0.39 is 17.6 Å². The van der Waals surface area contributed by atoms with E-state index in [2.05, 4.69) is 10.3 Å². The van der Waals surface area contributed by atoms with Crippen LogP contribution in [0.15, 0.2) is 54.7 Å². The van der Waals surface area contributed by atoms with E-state index in [9.17, 15) is 18.0 Å². The highest BCUT2D eigenvalue weighted by molar-refractivity contribution is 6.06. The number of benzene rings is 2. The molecule has 0 unspecified atom stereocenters. The van der Waals surface area contributed by atoms with Crippen molar-refractivity contribution in [1.29, 1.82) is 0 Å². The molecular weight excluding hydrogens is 317 g/mol. The topological polar surface area (TPSA) is 42.0 Å². The number of amides is 1. The average Bonchev–Trinajstić information content (AvgIpc) is 2.55. The second-order valence-corrected chi connectivity index (χ2v) is 5.39. The van der Waals surface area contributed by atoms with Gasteiger partial charge >= 0.3 is 6.18 Å². The van der Waals surface area contributed by atoms with Crippen molar-refractivity contribution in [3.63, 3.8) is 0 Å². The number of alkyl halides is 3. The molecule has 1 aromatic heterocycles. The Labute approximate surface area is 136 Å². The summed E-state index contributed by atoms with van der Waals surface area (Å²) >= 11 is 0. The van der Waals surface area contributed by atoms with Gasteiger partial charge in [-0.05, 0) is 48.9 Å². The molecule has 0 saturated heterocycles. The summed E-state index contributed by atoms with van der Waals surface area (Å²) in [5, 5.41) is 3.29. The number of hydrogen-bond donors (Lipinski definition) is 1. The Morgan fingerprint density at radius 2 is 1.88 bits per heavy atom. The van der Waals surface area contributed by atoms with E-state index in [1.807, 2.05) is 6.07 Å². The molecule has 0 saturated carbocycles. The number of fused-ring (bicyclic) bond motifs is 1. The van der Waals surface area contributed by atoms with Crippen LogP contribution < -0.4 is 5.32 Å². The third-order valence-electron chi connectivity index (χ3n) is 3.67. The van der Waals surface area contributed by atoms with Gasteiger partial charge in [-0.15, -0.1) is 0 Å². The van der Waals surface area contributed by atoms with E-state index >= 15 is 0 Å². The van der Waals surface area contributed by atoms with Gasteiger partial charge in [-0.2, -0.15) is 13.2 Å². The van der Waals surface area contributed by atoms with Gasteiger partial charge in [-0.1, -0.05) is 12.1 Å². The van der Waals surface area contributed by atoms with Crippen LogP contribution in [0.5, 0.6) is 0 Å². The molecule has 0 aliphatic heterocycles. The molecule has 1 amide bonds. The molecule has 0 spiro atoms. The second kappa shape index (κ2) is 5.96. The van der Waals surface area contributed by atoms with Gasteiger partial charge in [-0.3, -0.25) is 9.78 Å². The molecule has 0 aliphatic rings. The number of aromatic nitrogens is 1.